The fourth-order valence-corrected chi connectivity index (χ4v) is 20.1. The Balaban J connectivity index is 0.0000000929. The Morgan fingerprint density at radius 3 is 0.783 bits per heavy atom. The van der Waals surface area contributed by atoms with E-state index in [4.69, 9.17) is 47.6 Å². The Hall–Kier alpha value is -10.2. The number of H-pyrrole nitrogens is 5. The predicted molar refractivity (Wildman–Crippen MR) is 455 cm³/mol. The van der Waals surface area contributed by atoms with Crippen LogP contribution in [0.3, 0.4) is 0 Å². The normalized spacial score (nSPS) is 20.4. The van der Waals surface area contributed by atoms with Crippen LogP contribution in [0.25, 0.3) is 84.1 Å². The lowest BCUT2D eigenvalue weighted by molar-refractivity contribution is 0.0854. The summed E-state index contributed by atoms with van der Waals surface area (Å²) in [6.07, 6.45) is 68.1. The van der Waals surface area contributed by atoms with Crippen molar-refractivity contribution in [1.82, 2.24) is 96.8 Å². The summed E-state index contributed by atoms with van der Waals surface area (Å²) in [6.45, 7) is 8.39. The Morgan fingerprint density at radius 1 is 0.267 bits per heavy atom. The number of nitrogens with one attached hydrogen (secondary N) is 5. The largest absolute Gasteiger partial charge is 0.473 e. The molecule has 0 radical (unpaired) electrons. The first-order valence-electron chi connectivity index (χ1n) is 45.2. The van der Waals surface area contributed by atoms with Gasteiger partial charge in [0.1, 0.15) is 24.4 Å². The van der Waals surface area contributed by atoms with Crippen LogP contribution in [-0.2, 0) is 30.1 Å². The van der Waals surface area contributed by atoms with Gasteiger partial charge < -0.3 is 67.6 Å². The number of aromatic amines is 5. The van der Waals surface area contributed by atoms with Crippen LogP contribution in [0.1, 0.15) is 256 Å². The molecule has 10 aliphatic rings. The van der Waals surface area contributed by atoms with Crippen LogP contribution >= 0.6 is 0 Å². The van der Waals surface area contributed by atoms with Crippen LogP contribution in [-0.4, -0.2) is 187 Å². The molecule has 0 unspecified atom stereocenters. The highest BCUT2D eigenvalue weighted by Gasteiger charge is 2.32. The van der Waals surface area contributed by atoms with Crippen LogP contribution in [0.4, 0.5) is 0 Å². The van der Waals surface area contributed by atoms with E-state index in [0.717, 1.165) is 284 Å². The van der Waals surface area contributed by atoms with Gasteiger partial charge >= 0.3 is 0 Å². The molecule has 25 rings (SSSR count). The van der Waals surface area contributed by atoms with Gasteiger partial charge in [0.25, 0.3) is 0 Å². The Kier molecular flexibility index (Phi) is 22.6. The molecule has 120 heavy (non-hydrogen) atoms. The number of hydrogen-bond acceptors (Lipinski definition) is 19. The van der Waals surface area contributed by atoms with Crippen LogP contribution in [0, 0.1) is 5.92 Å². The summed E-state index contributed by atoms with van der Waals surface area (Å²) in [6, 6.07) is 0. The lowest BCUT2D eigenvalue weighted by atomic mass is 9.93. The summed E-state index contributed by atoms with van der Waals surface area (Å²) in [5, 5.41) is 0. The first kappa shape index (κ1) is 77.1. The molecule has 10 fully saturated rings. The molecule has 15 aromatic rings. The van der Waals surface area contributed by atoms with E-state index in [2.05, 4.69) is 129 Å². The molecule has 20 heterocycles. The van der Waals surface area contributed by atoms with Gasteiger partial charge in [-0.15, -0.1) is 0 Å². The summed E-state index contributed by atoms with van der Waals surface area (Å²) in [5.41, 5.74) is 22.6. The zero-order chi connectivity index (χ0) is 79.7. The van der Waals surface area contributed by atoms with Crippen molar-refractivity contribution in [3.8, 4) is 23.5 Å². The Morgan fingerprint density at radius 2 is 0.508 bits per heavy atom. The van der Waals surface area contributed by atoms with Crippen LogP contribution in [0.5, 0.6) is 23.5 Å². The molecule has 630 valence electrons. The highest BCUT2D eigenvalue weighted by Crippen LogP contribution is 2.41. The lowest BCUT2D eigenvalue weighted by Crippen LogP contribution is -2.24. The van der Waals surface area contributed by atoms with Crippen molar-refractivity contribution in [2.45, 2.75) is 253 Å². The molecule has 5 saturated carbocycles. The van der Waals surface area contributed by atoms with Crippen molar-refractivity contribution in [3.05, 3.63) is 126 Å². The summed E-state index contributed by atoms with van der Waals surface area (Å²) >= 11 is 0. The molecule has 5 aliphatic heterocycles. The molecule has 0 spiro atoms. The molecule has 0 amide bonds. The second-order valence-electron chi connectivity index (χ2n) is 35.1. The van der Waals surface area contributed by atoms with Gasteiger partial charge in [0, 0.05) is 103 Å². The van der Waals surface area contributed by atoms with Gasteiger partial charge in [0.2, 0.25) is 23.5 Å². The number of imidazole rings is 5. The molecular weight excluding hydrogens is 1520 g/mol. The average Bonchev–Trinajstić information content (AvgIpc) is 1.64. The van der Waals surface area contributed by atoms with E-state index in [1.54, 1.807) is 12.4 Å². The Labute approximate surface area is 695 Å². The third kappa shape index (κ3) is 16.5. The number of aromatic nitrogens is 20. The minimum atomic E-state index is 0.309. The first-order chi connectivity index (χ1) is 59.4. The van der Waals surface area contributed by atoms with E-state index in [-0.39, 0.29) is 0 Å². The van der Waals surface area contributed by atoms with Crippen molar-refractivity contribution < 1.29 is 42.6 Å². The van der Waals surface area contributed by atoms with E-state index in [1.165, 1.54) is 116 Å². The average molecular weight is 1630 g/mol. The molecule has 29 nitrogen and oxygen atoms in total. The maximum absolute atomic E-state index is 6.16. The van der Waals surface area contributed by atoms with Crippen molar-refractivity contribution in [2.24, 2.45) is 5.92 Å². The van der Waals surface area contributed by atoms with E-state index in [1.807, 2.05) is 43.4 Å². The van der Waals surface area contributed by atoms with Crippen molar-refractivity contribution in [3.63, 3.8) is 0 Å². The molecule has 5 aliphatic carbocycles. The molecular formula is C91H112N20O9. The van der Waals surface area contributed by atoms with Gasteiger partial charge in [-0.3, -0.25) is 22.0 Å². The minimum Gasteiger partial charge on any atom is -0.473 e. The summed E-state index contributed by atoms with van der Waals surface area (Å²) in [4.78, 5) is 62.7. The van der Waals surface area contributed by atoms with Gasteiger partial charge in [-0.2, -0.15) is 19.9 Å². The van der Waals surface area contributed by atoms with E-state index >= 15 is 0 Å². The highest BCUT2D eigenvalue weighted by atomic mass is 16.5. The fourth-order valence-electron chi connectivity index (χ4n) is 20.1. The Bertz CT molecular complexity index is 5960. The lowest BCUT2D eigenvalue weighted by Gasteiger charge is -2.24. The molecule has 5 saturated heterocycles. The number of rotatable bonds is 15. The second kappa shape index (κ2) is 35.1. The first-order valence-corrected chi connectivity index (χ1v) is 45.2. The van der Waals surface area contributed by atoms with E-state index in [0.29, 0.717) is 65.8 Å². The van der Waals surface area contributed by atoms with Gasteiger partial charge in [-0.05, 0) is 217 Å². The topological polar surface area (TPSA) is 313 Å². The molecule has 5 N–H and O–H groups in total. The van der Waals surface area contributed by atoms with E-state index in [9.17, 15) is 0 Å². The molecule has 15 aromatic heterocycles. The van der Waals surface area contributed by atoms with Gasteiger partial charge in [-0.25, -0.2) is 29.9 Å². The quantitative estimate of drug-likeness (QED) is 0.0596. The second-order valence-corrected chi connectivity index (χ2v) is 35.1. The monoisotopic (exact) mass is 1630 g/mol. The molecule has 0 bridgehead atoms. The molecule has 0 atom stereocenters. The third-order valence-electron chi connectivity index (χ3n) is 27.0. The highest BCUT2D eigenvalue weighted by molar-refractivity contribution is 5.83. The number of nitrogens with zero attached hydrogens (tertiary/aromatic N) is 15. The van der Waals surface area contributed by atoms with Gasteiger partial charge in [0.05, 0.1) is 89.0 Å². The van der Waals surface area contributed by atoms with Crippen molar-refractivity contribution in [1.29, 1.82) is 0 Å². The maximum Gasteiger partial charge on any atom is 0.232 e. The fraction of sp³-hybridized carbons (Fsp3) is 0.560. The molecule has 29 heteroatoms. The zero-order valence-electron chi connectivity index (χ0n) is 68.8. The van der Waals surface area contributed by atoms with Crippen LogP contribution < -0.4 is 18.9 Å². The minimum absolute atomic E-state index is 0.309. The predicted octanol–water partition coefficient (Wildman–Crippen LogP) is 17.5. The van der Waals surface area contributed by atoms with Gasteiger partial charge in [-0.1, -0.05) is 44.9 Å². The number of ether oxygens (including phenoxy) is 9. The molecule has 0 aromatic carbocycles. The van der Waals surface area contributed by atoms with Crippen molar-refractivity contribution >= 4 is 84.1 Å². The zero-order valence-corrected chi connectivity index (χ0v) is 68.8. The summed E-state index contributed by atoms with van der Waals surface area (Å²) < 4.78 is 62.4. The van der Waals surface area contributed by atoms with Gasteiger partial charge in [0.15, 0.2) is 56.5 Å². The van der Waals surface area contributed by atoms with E-state index < -0.39 is 0 Å². The summed E-state index contributed by atoms with van der Waals surface area (Å²) in [7, 11) is 0. The number of hydrogen-bond donors (Lipinski definition) is 5. The number of fused-ring (bicyclic) bond motifs is 15. The summed E-state index contributed by atoms with van der Waals surface area (Å²) in [5.74, 6) is 6.27. The standard InChI is InChI=1S/C21H28N4O.C19H24N4O2.C18H22N4O2.C17H20N4O2.C16H18N4O2/c1-2-4-6-15(5-3-1)11-17-14-25-19(24-17)13-23-21-20(25)18(12-22-21)16-7-9-26-10-8-16;1-2-4-14(5-3-1)25-17-12-23-16(22-17)11-21-19-18(23)15(10-20-19)13-6-8-24-9-7-13;1-2-4-13(3-1)24-16-11-22-15(21-16)10-20-18-17(22)14(9-19-18)12-5-7-23-8-6-12;1-2-12(3-1)23-15-10-21-14(20-15)9-19-17-16(21)13(8-18-17)11-4-6-22-7-5-11;1-2-11(1)22-14-9-20-13(19-14)8-18-16-15(20)12(7-17-16)10-3-5-21-6-4-10/h12-16,22H,1-11H2;10-14,20H,1-9H2;9-13,19H,1-8H2;8-12,18H,1-7H2;7-11,17H,1-6H2. The van der Waals surface area contributed by atoms with Crippen LogP contribution in [0.2, 0.25) is 0 Å². The maximum atomic E-state index is 6.16. The SMILES string of the molecule is c1[nH]c2ncc3nc(CC4CCCCCC4)cn3c2c1C1CCOCC1.c1[nH]c2ncc3nc(OC4CC4)cn3c2c1C1CCOCC1.c1[nH]c2ncc3nc(OC4CCC4)cn3c2c1C1CCOCC1.c1[nH]c2ncc3nc(OC4CCCC4)cn3c2c1C1CCOCC1.c1[nH]c2ncc3nc(OC4CCCCC4)cn3c2c1C1CCOCC1. The smallest absolute Gasteiger partial charge is 0.232 e. The third-order valence-corrected chi connectivity index (χ3v) is 27.0. The van der Waals surface area contributed by atoms with Crippen LogP contribution in [0.15, 0.2) is 93.0 Å². The van der Waals surface area contributed by atoms with Crippen molar-refractivity contribution in [2.75, 3.05) is 66.1 Å².